The van der Waals surface area contributed by atoms with E-state index >= 15 is 0 Å². The lowest BCUT2D eigenvalue weighted by atomic mass is 10.1. The number of benzene rings is 2. The van der Waals surface area contributed by atoms with Crippen LogP contribution in [0.4, 0.5) is 0 Å². The van der Waals surface area contributed by atoms with E-state index < -0.39 is 11.9 Å². The van der Waals surface area contributed by atoms with Crippen LogP contribution in [0.5, 0.6) is 0 Å². The minimum absolute atomic E-state index is 0.0525. The Morgan fingerprint density at radius 3 is 2.48 bits per heavy atom. The van der Waals surface area contributed by atoms with Gasteiger partial charge in [-0.2, -0.15) is 0 Å². The molecule has 128 valence electrons. The molecule has 1 aliphatic heterocycles. The first-order chi connectivity index (χ1) is 12.0. The molecule has 0 aromatic heterocycles. The number of carboxylic acid groups (broad SMARTS) is 1. The maximum atomic E-state index is 12.5. The maximum Gasteiger partial charge on any atom is 0.343 e. The van der Waals surface area contributed by atoms with Gasteiger partial charge in [0.1, 0.15) is 4.91 Å². The zero-order valence-corrected chi connectivity index (χ0v) is 15.2. The minimum Gasteiger partial charge on any atom is -0.477 e. The molecule has 1 amide bonds. The van der Waals surface area contributed by atoms with Crippen LogP contribution in [0.1, 0.15) is 27.6 Å². The number of thioether (sulfide) groups is 1. The number of aliphatic carboxylic acids is 1. The molecule has 0 saturated heterocycles. The predicted octanol–water partition coefficient (Wildman–Crippen LogP) is 4.90. The molecule has 0 bridgehead atoms. The second kappa shape index (κ2) is 7.52. The molecule has 25 heavy (non-hydrogen) atoms. The SMILES string of the molecule is O=C(O)C1=C(NC(=O)c2ccc(Cl)cc2Cl)CC(c2ccccc2)S1. The fraction of sp³-hybridized carbons (Fsp3) is 0.111. The van der Waals surface area contributed by atoms with Gasteiger partial charge < -0.3 is 10.4 Å². The summed E-state index contributed by atoms with van der Waals surface area (Å²) in [5.41, 5.74) is 1.65. The average Bonchev–Trinajstić information content (AvgIpc) is 2.99. The third-order valence-electron chi connectivity index (χ3n) is 3.73. The van der Waals surface area contributed by atoms with E-state index in [2.05, 4.69) is 5.32 Å². The van der Waals surface area contributed by atoms with Crippen LogP contribution in [0.15, 0.2) is 59.1 Å². The number of nitrogens with one attached hydrogen (secondary N) is 1. The summed E-state index contributed by atoms with van der Waals surface area (Å²) in [6.07, 6.45) is 0.424. The molecule has 1 heterocycles. The highest BCUT2D eigenvalue weighted by molar-refractivity contribution is 8.04. The lowest BCUT2D eigenvalue weighted by Gasteiger charge is -2.11. The van der Waals surface area contributed by atoms with Crippen molar-refractivity contribution in [2.45, 2.75) is 11.7 Å². The number of carbonyl (C=O) groups excluding carboxylic acids is 1. The highest BCUT2D eigenvalue weighted by Crippen LogP contribution is 2.46. The maximum absolute atomic E-state index is 12.5. The Kier molecular flexibility index (Phi) is 5.37. The Hall–Kier alpha value is -1.95. The van der Waals surface area contributed by atoms with Crippen molar-refractivity contribution in [1.82, 2.24) is 5.32 Å². The smallest absolute Gasteiger partial charge is 0.343 e. The Morgan fingerprint density at radius 1 is 1.12 bits per heavy atom. The first kappa shape index (κ1) is 17.9. The summed E-state index contributed by atoms with van der Waals surface area (Å²) >= 11 is 13.1. The van der Waals surface area contributed by atoms with E-state index in [0.717, 1.165) is 5.56 Å². The molecule has 2 aromatic rings. The van der Waals surface area contributed by atoms with Gasteiger partial charge in [-0.3, -0.25) is 4.79 Å². The monoisotopic (exact) mass is 393 g/mol. The molecule has 0 radical (unpaired) electrons. The van der Waals surface area contributed by atoms with E-state index in [-0.39, 0.29) is 20.7 Å². The molecular formula is C18H13Cl2NO3S. The molecule has 0 fully saturated rings. The number of hydrogen-bond donors (Lipinski definition) is 2. The van der Waals surface area contributed by atoms with Gasteiger partial charge in [-0.05, 0) is 23.8 Å². The summed E-state index contributed by atoms with van der Waals surface area (Å²) in [4.78, 5) is 24.2. The van der Waals surface area contributed by atoms with Gasteiger partial charge in [0.05, 0.1) is 10.6 Å². The van der Waals surface area contributed by atoms with Crippen LogP contribution >= 0.6 is 35.0 Å². The van der Waals surface area contributed by atoms with Gasteiger partial charge in [0, 0.05) is 22.4 Å². The number of allylic oxidation sites excluding steroid dienone is 1. The van der Waals surface area contributed by atoms with Gasteiger partial charge in [-0.25, -0.2) is 4.79 Å². The fourth-order valence-corrected chi connectivity index (χ4v) is 4.25. The molecule has 0 saturated carbocycles. The predicted molar refractivity (Wildman–Crippen MR) is 100.0 cm³/mol. The van der Waals surface area contributed by atoms with Crippen molar-refractivity contribution in [3.05, 3.63) is 80.3 Å². The largest absolute Gasteiger partial charge is 0.477 e. The Balaban J connectivity index is 1.82. The molecule has 3 rings (SSSR count). The van der Waals surface area contributed by atoms with E-state index in [4.69, 9.17) is 23.2 Å². The minimum atomic E-state index is -1.05. The van der Waals surface area contributed by atoms with Crippen LogP contribution in [-0.2, 0) is 4.79 Å². The van der Waals surface area contributed by atoms with Crippen LogP contribution in [0.2, 0.25) is 10.0 Å². The average molecular weight is 394 g/mol. The number of rotatable bonds is 4. The summed E-state index contributed by atoms with van der Waals surface area (Å²) in [5, 5.41) is 12.7. The number of hydrogen-bond acceptors (Lipinski definition) is 3. The van der Waals surface area contributed by atoms with Crippen LogP contribution in [0.3, 0.4) is 0 Å². The van der Waals surface area contributed by atoms with E-state index in [0.29, 0.717) is 17.1 Å². The molecule has 2 aromatic carbocycles. The lowest BCUT2D eigenvalue weighted by molar-refractivity contribution is -0.131. The highest BCUT2D eigenvalue weighted by atomic mass is 35.5. The highest BCUT2D eigenvalue weighted by Gasteiger charge is 2.31. The zero-order chi connectivity index (χ0) is 18.0. The first-order valence-electron chi connectivity index (χ1n) is 7.40. The summed E-state index contributed by atoms with van der Waals surface area (Å²) < 4.78 is 0. The summed E-state index contributed by atoms with van der Waals surface area (Å²) in [7, 11) is 0. The normalized spacial score (nSPS) is 16.8. The third-order valence-corrected chi connectivity index (χ3v) is 5.66. The van der Waals surface area contributed by atoms with Crippen molar-refractivity contribution in [2.24, 2.45) is 0 Å². The van der Waals surface area contributed by atoms with Crippen LogP contribution in [-0.4, -0.2) is 17.0 Å². The van der Waals surface area contributed by atoms with Gasteiger partial charge in [0.15, 0.2) is 0 Å². The van der Waals surface area contributed by atoms with Crippen molar-refractivity contribution in [2.75, 3.05) is 0 Å². The first-order valence-corrected chi connectivity index (χ1v) is 9.03. The summed E-state index contributed by atoms with van der Waals surface area (Å²) in [5.74, 6) is -1.51. The van der Waals surface area contributed by atoms with Gasteiger partial charge >= 0.3 is 5.97 Å². The molecule has 1 atom stereocenters. The van der Waals surface area contributed by atoms with Crippen LogP contribution in [0, 0.1) is 0 Å². The second-order valence-electron chi connectivity index (χ2n) is 5.41. The third kappa shape index (κ3) is 4.00. The van der Waals surface area contributed by atoms with Gasteiger partial charge in [0.2, 0.25) is 0 Å². The molecule has 0 aliphatic carbocycles. The van der Waals surface area contributed by atoms with E-state index in [1.54, 1.807) is 6.07 Å². The van der Waals surface area contributed by atoms with Crippen molar-refractivity contribution in [3.63, 3.8) is 0 Å². The van der Waals surface area contributed by atoms with Crippen molar-refractivity contribution >= 4 is 46.8 Å². The fourth-order valence-electron chi connectivity index (χ4n) is 2.55. The number of carboxylic acids is 1. The number of halogens is 2. The van der Waals surface area contributed by atoms with Crippen molar-refractivity contribution in [1.29, 1.82) is 0 Å². The van der Waals surface area contributed by atoms with Crippen LogP contribution < -0.4 is 5.32 Å². The lowest BCUT2D eigenvalue weighted by Crippen LogP contribution is -2.24. The van der Waals surface area contributed by atoms with Crippen LogP contribution in [0.25, 0.3) is 0 Å². The molecule has 7 heteroatoms. The standard InChI is InChI=1S/C18H13Cl2NO3S/c19-11-6-7-12(13(20)8-11)17(22)21-14-9-15(25-16(14)18(23)24)10-4-2-1-3-5-10/h1-8,15H,9H2,(H,21,22)(H,23,24). The van der Waals surface area contributed by atoms with E-state index in [9.17, 15) is 14.7 Å². The Morgan fingerprint density at radius 2 is 1.84 bits per heavy atom. The van der Waals surface area contributed by atoms with Crippen molar-refractivity contribution < 1.29 is 14.7 Å². The molecule has 1 unspecified atom stereocenters. The number of carbonyl (C=O) groups is 2. The van der Waals surface area contributed by atoms with Crippen molar-refractivity contribution in [3.8, 4) is 0 Å². The summed E-state index contributed by atoms with van der Waals surface area (Å²) in [6, 6.07) is 14.1. The second-order valence-corrected chi connectivity index (χ2v) is 7.47. The van der Waals surface area contributed by atoms with E-state index in [1.165, 1.54) is 23.9 Å². The molecular weight excluding hydrogens is 381 g/mol. The Bertz CT molecular complexity index is 868. The zero-order valence-electron chi connectivity index (χ0n) is 12.8. The summed E-state index contributed by atoms with van der Waals surface area (Å²) in [6.45, 7) is 0. The van der Waals surface area contributed by atoms with E-state index in [1.807, 2.05) is 30.3 Å². The van der Waals surface area contributed by atoms with Gasteiger partial charge in [-0.1, -0.05) is 53.5 Å². The molecule has 4 nitrogen and oxygen atoms in total. The van der Waals surface area contributed by atoms with Gasteiger partial charge in [-0.15, -0.1) is 11.8 Å². The topological polar surface area (TPSA) is 66.4 Å². The molecule has 1 aliphatic rings. The Labute approximate surface area is 158 Å². The van der Waals surface area contributed by atoms with Gasteiger partial charge in [0.25, 0.3) is 5.91 Å². The molecule has 0 spiro atoms. The number of amides is 1. The molecule has 2 N–H and O–H groups in total. The quantitative estimate of drug-likeness (QED) is 0.774.